The van der Waals surface area contributed by atoms with E-state index in [4.69, 9.17) is 4.84 Å². The van der Waals surface area contributed by atoms with Gasteiger partial charge in [0.15, 0.2) is 0 Å². The molecule has 1 aliphatic rings. The molecule has 0 spiro atoms. The molecule has 1 aromatic heterocycles. The number of aromatic nitrogens is 4. The molecule has 9 heteroatoms. The highest BCUT2D eigenvalue weighted by molar-refractivity contribution is 5.85. The van der Waals surface area contributed by atoms with Crippen LogP contribution in [0.5, 0.6) is 0 Å². The van der Waals surface area contributed by atoms with Gasteiger partial charge in [0.2, 0.25) is 0 Å². The number of benzene rings is 1. The lowest BCUT2D eigenvalue weighted by atomic mass is 10.1. The molecule has 1 aromatic carbocycles. The lowest BCUT2D eigenvalue weighted by molar-refractivity contribution is 0.118. The molecular weight excluding hydrogens is 320 g/mol. The van der Waals surface area contributed by atoms with Crippen LogP contribution in [0, 0.1) is 5.92 Å². The molecule has 0 saturated heterocycles. The second-order valence-electron chi connectivity index (χ2n) is 5.72. The van der Waals surface area contributed by atoms with Crippen LogP contribution in [-0.4, -0.2) is 25.5 Å². The second-order valence-corrected chi connectivity index (χ2v) is 5.72. The van der Waals surface area contributed by atoms with Gasteiger partial charge in [0, 0.05) is 24.1 Å². The Kier molecular flexibility index (Phi) is 4.41. The van der Waals surface area contributed by atoms with Crippen molar-refractivity contribution in [2.24, 2.45) is 18.1 Å². The van der Waals surface area contributed by atoms with Crippen molar-refractivity contribution in [1.29, 1.82) is 0 Å². The number of alkyl halides is 2. The van der Waals surface area contributed by atoms with Crippen LogP contribution in [0.3, 0.4) is 0 Å². The zero-order chi connectivity index (χ0) is 17.3. The van der Waals surface area contributed by atoms with Crippen LogP contribution in [0.4, 0.5) is 8.78 Å². The largest absolute Gasteiger partial charge is 0.391 e. The van der Waals surface area contributed by atoms with Gasteiger partial charge < -0.3 is 4.84 Å². The number of oxime groups is 1. The third-order valence-corrected chi connectivity index (χ3v) is 3.96. The van der Waals surface area contributed by atoms with Gasteiger partial charge in [0.1, 0.15) is 6.61 Å². The maximum Gasteiger partial charge on any atom is 0.368 e. The first-order valence-corrected chi connectivity index (χ1v) is 7.54. The Hall–Kier alpha value is -2.58. The van der Waals surface area contributed by atoms with Crippen molar-refractivity contribution in [1.82, 2.24) is 19.8 Å². The third kappa shape index (κ3) is 3.19. The van der Waals surface area contributed by atoms with Crippen LogP contribution in [0.2, 0.25) is 0 Å². The molecule has 1 saturated carbocycles. The molecule has 1 fully saturated rings. The smallest absolute Gasteiger partial charge is 0.368 e. The number of nitrogens with zero attached hydrogens (tertiary/aromatic N) is 5. The summed E-state index contributed by atoms with van der Waals surface area (Å²) < 4.78 is 28.7. The van der Waals surface area contributed by atoms with Gasteiger partial charge in [-0.2, -0.15) is 9.36 Å². The molecule has 1 aliphatic carbocycles. The normalized spacial score (nSPS) is 15.1. The summed E-state index contributed by atoms with van der Waals surface area (Å²) in [5.74, 6) is 0.428. The summed E-state index contributed by atoms with van der Waals surface area (Å²) in [6.07, 6.45) is -0.552. The van der Waals surface area contributed by atoms with Gasteiger partial charge in [-0.1, -0.05) is 17.3 Å². The first kappa shape index (κ1) is 16.3. The minimum Gasteiger partial charge on any atom is -0.391 e. The van der Waals surface area contributed by atoms with E-state index in [2.05, 4.69) is 15.6 Å². The Morgan fingerprint density at radius 2 is 2.17 bits per heavy atom. The first-order valence-electron chi connectivity index (χ1n) is 7.54. The topological polar surface area (TPSA) is 74.3 Å². The van der Waals surface area contributed by atoms with E-state index in [0.29, 0.717) is 5.92 Å². The summed E-state index contributed by atoms with van der Waals surface area (Å²) in [6.45, 7) is 1.67. The minimum absolute atomic E-state index is 0.169. The summed E-state index contributed by atoms with van der Waals surface area (Å²) in [6, 6.07) is 4.27. The zero-order valence-electron chi connectivity index (χ0n) is 13.3. The predicted octanol–water partition coefficient (Wildman–Crippen LogP) is 2.21. The molecule has 2 aromatic rings. The molecule has 0 aliphatic heterocycles. The molecular formula is C15H17F2N5O2. The van der Waals surface area contributed by atoms with E-state index in [-0.39, 0.29) is 23.4 Å². The van der Waals surface area contributed by atoms with Gasteiger partial charge in [-0.15, -0.1) is 0 Å². The Morgan fingerprint density at radius 3 is 2.75 bits per heavy atom. The van der Waals surface area contributed by atoms with E-state index in [1.807, 2.05) is 6.92 Å². The average molecular weight is 337 g/mol. The Morgan fingerprint density at radius 1 is 1.42 bits per heavy atom. The van der Waals surface area contributed by atoms with E-state index >= 15 is 0 Å². The van der Waals surface area contributed by atoms with Crippen molar-refractivity contribution < 1.29 is 13.6 Å². The van der Waals surface area contributed by atoms with Crippen LogP contribution in [0.25, 0.3) is 5.69 Å². The first-order chi connectivity index (χ1) is 11.5. The highest BCUT2D eigenvalue weighted by atomic mass is 19.3. The number of tetrazole rings is 1. The van der Waals surface area contributed by atoms with Crippen molar-refractivity contribution in [3.63, 3.8) is 0 Å². The molecule has 7 nitrogen and oxygen atoms in total. The molecule has 0 amide bonds. The Labute approximate surface area is 136 Å². The van der Waals surface area contributed by atoms with Crippen molar-refractivity contribution in [2.45, 2.75) is 32.8 Å². The number of aryl methyl sites for hydroxylation is 1. The Balaban J connectivity index is 1.96. The van der Waals surface area contributed by atoms with Gasteiger partial charge in [0.05, 0.1) is 11.4 Å². The molecule has 0 bridgehead atoms. The minimum atomic E-state index is -2.70. The van der Waals surface area contributed by atoms with Gasteiger partial charge in [-0.05, 0) is 36.3 Å². The number of hydrogen-bond acceptors (Lipinski definition) is 5. The highest BCUT2D eigenvalue weighted by Crippen LogP contribution is 2.31. The molecule has 0 radical (unpaired) electrons. The summed E-state index contributed by atoms with van der Waals surface area (Å²) in [5.41, 5.74) is 0.486. The van der Waals surface area contributed by atoms with Gasteiger partial charge in [-0.3, -0.25) is 0 Å². The van der Waals surface area contributed by atoms with Crippen LogP contribution < -0.4 is 5.69 Å². The predicted molar refractivity (Wildman–Crippen MR) is 82.2 cm³/mol. The molecule has 128 valence electrons. The van der Waals surface area contributed by atoms with Crippen molar-refractivity contribution >= 4 is 5.71 Å². The van der Waals surface area contributed by atoms with E-state index < -0.39 is 12.1 Å². The zero-order valence-corrected chi connectivity index (χ0v) is 13.3. The molecule has 0 N–H and O–H groups in total. The molecule has 0 atom stereocenters. The van der Waals surface area contributed by atoms with E-state index in [0.717, 1.165) is 27.9 Å². The number of rotatable bonds is 6. The van der Waals surface area contributed by atoms with Crippen LogP contribution in [0.1, 0.15) is 37.3 Å². The van der Waals surface area contributed by atoms with Crippen LogP contribution in [-0.2, 0) is 18.5 Å². The lowest BCUT2D eigenvalue weighted by Crippen LogP contribution is -2.23. The fraction of sp³-hybridized carbons (Fsp3) is 0.467. The molecule has 24 heavy (non-hydrogen) atoms. The summed E-state index contributed by atoms with van der Waals surface area (Å²) >= 11 is 0. The van der Waals surface area contributed by atoms with Crippen LogP contribution >= 0.6 is 0 Å². The molecule has 3 rings (SSSR count). The van der Waals surface area contributed by atoms with Gasteiger partial charge in [-0.25, -0.2) is 13.6 Å². The van der Waals surface area contributed by atoms with Crippen molar-refractivity contribution in [3.05, 3.63) is 39.8 Å². The SMILES string of the molecule is CC(=NOCc1c(C(F)F)cccc1-n1nnn(C)c1=O)C1CC1. The van der Waals surface area contributed by atoms with E-state index in [1.54, 1.807) is 0 Å². The molecule has 0 unspecified atom stereocenters. The van der Waals surface area contributed by atoms with E-state index in [1.165, 1.54) is 25.2 Å². The summed E-state index contributed by atoms with van der Waals surface area (Å²) in [4.78, 5) is 17.3. The van der Waals surface area contributed by atoms with Gasteiger partial charge >= 0.3 is 5.69 Å². The third-order valence-electron chi connectivity index (χ3n) is 3.96. The van der Waals surface area contributed by atoms with Crippen LogP contribution in [0.15, 0.2) is 28.1 Å². The monoisotopic (exact) mass is 337 g/mol. The number of halogens is 2. The maximum atomic E-state index is 13.3. The van der Waals surface area contributed by atoms with Crippen molar-refractivity contribution in [3.8, 4) is 5.69 Å². The van der Waals surface area contributed by atoms with Gasteiger partial charge in [0.25, 0.3) is 6.43 Å². The molecule has 1 heterocycles. The lowest BCUT2D eigenvalue weighted by Gasteiger charge is -2.12. The fourth-order valence-corrected chi connectivity index (χ4v) is 2.39. The van der Waals surface area contributed by atoms with Crippen molar-refractivity contribution in [2.75, 3.05) is 0 Å². The summed E-state index contributed by atoms with van der Waals surface area (Å²) in [7, 11) is 1.43. The Bertz CT molecular complexity index is 824. The maximum absolute atomic E-state index is 13.3. The average Bonchev–Trinajstić information content (AvgIpc) is 3.35. The fourth-order valence-electron chi connectivity index (χ4n) is 2.39. The number of hydrogen-bond donors (Lipinski definition) is 0. The quantitative estimate of drug-likeness (QED) is 0.598. The standard InChI is InChI=1S/C15H17F2N5O2/c1-9(10-6-7-10)18-24-8-12-11(14(16)17)4-3-5-13(12)22-15(23)21(2)19-20-22/h3-5,10,14H,6-8H2,1-2H3. The van der Waals surface area contributed by atoms with E-state index in [9.17, 15) is 13.6 Å². The summed E-state index contributed by atoms with van der Waals surface area (Å²) in [5, 5.41) is 11.3. The second kappa shape index (κ2) is 6.50. The highest BCUT2D eigenvalue weighted by Gasteiger charge is 2.25.